The van der Waals surface area contributed by atoms with Crippen LogP contribution in [0.5, 0.6) is 0 Å². The molecule has 1 aliphatic rings. The van der Waals surface area contributed by atoms with Gasteiger partial charge in [0.1, 0.15) is 0 Å². The molecule has 4 nitrogen and oxygen atoms in total. The molecule has 0 heterocycles. The molecule has 0 aliphatic heterocycles. The number of rotatable bonds is 6. The standard InChI is InChI=1S/C15H23N3O/c1-18(2)11-10-16-13-6-8-14(9-7-13)17-15(19)12-4-3-5-12/h6-9,12,16H,3-5,10-11H2,1-2H3,(H,17,19). The smallest absolute Gasteiger partial charge is 0.227 e. The van der Waals surface area contributed by atoms with Crippen LogP contribution in [0.2, 0.25) is 0 Å². The minimum absolute atomic E-state index is 0.166. The lowest BCUT2D eigenvalue weighted by molar-refractivity contribution is -0.122. The van der Waals surface area contributed by atoms with Crippen LogP contribution in [0.1, 0.15) is 19.3 Å². The summed E-state index contributed by atoms with van der Waals surface area (Å²) in [7, 11) is 4.11. The number of hydrogen-bond acceptors (Lipinski definition) is 3. The van der Waals surface area contributed by atoms with Crippen molar-refractivity contribution in [2.45, 2.75) is 19.3 Å². The van der Waals surface area contributed by atoms with E-state index in [1.807, 2.05) is 24.3 Å². The minimum atomic E-state index is 0.166. The number of nitrogens with one attached hydrogen (secondary N) is 2. The predicted octanol–water partition coefficient (Wildman–Crippen LogP) is 2.40. The molecule has 0 radical (unpaired) electrons. The van der Waals surface area contributed by atoms with Gasteiger partial charge >= 0.3 is 0 Å². The number of anilines is 2. The molecule has 0 spiro atoms. The van der Waals surface area contributed by atoms with Crippen molar-refractivity contribution in [3.8, 4) is 0 Å². The van der Waals surface area contributed by atoms with E-state index in [9.17, 15) is 4.79 Å². The molecule has 1 amide bonds. The highest BCUT2D eigenvalue weighted by Gasteiger charge is 2.24. The van der Waals surface area contributed by atoms with E-state index in [1.165, 1.54) is 6.42 Å². The lowest BCUT2D eigenvalue weighted by Gasteiger charge is -2.24. The van der Waals surface area contributed by atoms with E-state index >= 15 is 0 Å². The second-order valence-corrected chi connectivity index (χ2v) is 5.42. The van der Waals surface area contributed by atoms with Gasteiger partial charge in [0, 0.05) is 30.4 Å². The summed E-state index contributed by atoms with van der Waals surface area (Å²) >= 11 is 0. The summed E-state index contributed by atoms with van der Waals surface area (Å²) in [6.07, 6.45) is 3.26. The third kappa shape index (κ3) is 4.24. The molecule has 0 unspecified atom stereocenters. The van der Waals surface area contributed by atoms with Crippen LogP contribution in [0.3, 0.4) is 0 Å². The van der Waals surface area contributed by atoms with Crippen LogP contribution in [-0.4, -0.2) is 38.0 Å². The van der Waals surface area contributed by atoms with E-state index in [-0.39, 0.29) is 11.8 Å². The SMILES string of the molecule is CN(C)CCNc1ccc(NC(=O)C2CCC2)cc1. The molecule has 1 saturated carbocycles. The van der Waals surface area contributed by atoms with Crippen molar-refractivity contribution >= 4 is 17.3 Å². The zero-order valence-electron chi connectivity index (χ0n) is 11.8. The van der Waals surface area contributed by atoms with Gasteiger partial charge in [-0.1, -0.05) is 6.42 Å². The van der Waals surface area contributed by atoms with Crippen molar-refractivity contribution in [2.75, 3.05) is 37.8 Å². The average Bonchev–Trinajstić information content (AvgIpc) is 2.28. The molecular weight excluding hydrogens is 238 g/mol. The van der Waals surface area contributed by atoms with Gasteiger partial charge in [-0.2, -0.15) is 0 Å². The summed E-state index contributed by atoms with van der Waals surface area (Å²) in [4.78, 5) is 13.9. The van der Waals surface area contributed by atoms with Gasteiger partial charge in [-0.05, 0) is 51.2 Å². The average molecular weight is 261 g/mol. The summed E-state index contributed by atoms with van der Waals surface area (Å²) < 4.78 is 0. The molecule has 0 saturated heterocycles. The fourth-order valence-electron chi connectivity index (χ4n) is 2.01. The Balaban J connectivity index is 1.78. The van der Waals surface area contributed by atoms with E-state index in [0.29, 0.717) is 0 Å². The Morgan fingerprint density at radius 3 is 2.37 bits per heavy atom. The van der Waals surface area contributed by atoms with Gasteiger partial charge in [-0.25, -0.2) is 0 Å². The fraction of sp³-hybridized carbons (Fsp3) is 0.533. The monoisotopic (exact) mass is 261 g/mol. The first kappa shape index (κ1) is 13.9. The molecule has 0 aromatic heterocycles. The third-order valence-corrected chi connectivity index (χ3v) is 3.52. The molecule has 104 valence electrons. The van der Waals surface area contributed by atoms with E-state index in [0.717, 1.165) is 37.3 Å². The summed E-state index contributed by atoms with van der Waals surface area (Å²) in [5, 5.41) is 6.32. The summed E-state index contributed by atoms with van der Waals surface area (Å²) in [5.41, 5.74) is 1.97. The van der Waals surface area contributed by atoms with Gasteiger partial charge in [0.25, 0.3) is 0 Å². The van der Waals surface area contributed by atoms with E-state index in [1.54, 1.807) is 0 Å². The van der Waals surface area contributed by atoms with Gasteiger partial charge in [-0.15, -0.1) is 0 Å². The molecule has 4 heteroatoms. The zero-order chi connectivity index (χ0) is 13.7. The largest absolute Gasteiger partial charge is 0.384 e. The molecule has 0 bridgehead atoms. The molecule has 2 rings (SSSR count). The minimum Gasteiger partial charge on any atom is -0.384 e. The maximum atomic E-state index is 11.8. The van der Waals surface area contributed by atoms with Crippen LogP contribution in [-0.2, 0) is 4.79 Å². The molecular formula is C15H23N3O. The Morgan fingerprint density at radius 2 is 1.84 bits per heavy atom. The quantitative estimate of drug-likeness (QED) is 0.826. The lowest BCUT2D eigenvalue weighted by Crippen LogP contribution is -2.28. The maximum Gasteiger partial charge on any atom is 0.227 e. The Kier molecular flexibility index (Phi) is 4.80. The van der Waals surface area contributed by atoms with Crippen LogP contribution in [0.4, 0.5) is 11.4 Å². The van der Waals surface area contributed by atoms with Crippen LogP contribution < -0.4 is 10.6 Å². The van der Waals surface area contributed by atoms with Crippen LogP contribution in [0.25, 0.3) is 0 Å². The molecule has 1 aromatic rings. The topological polar surface area (TPSA) is 44.4 Å². The Bertz CT molecular complexity index is 410. The van der Waals surface area contributed by atoms with Gasteiger partial charge in [0.15, 0.2) is 0 Å². The van der Waals surface area contributed by atoms with Crippen molar-refractivity contribution in [2.24, 2.45) is 5.92 Å². The van der Waals surface area contributed by atoms with Crippen LogP contribution >= 0.6 is 0 Å². The van der Waals surface area contributed by atoms with E-state index < -0.39 is 0 Å². The Hall–Kier alpha value is -1.55. The summed E-state index contributed by atoms with van der Waals surface area (Å²) in [6.45, 7) is 1.92. The number of carbonyl (C=O) groups excluding carboxylic acids is 1. The van der Waals surface area contributed by atoms with Crippen molar-refractivity contribution in [3.05, 3.63) is 24.3 Å². The molecule has 1 aliphatic carbocycles. The third-order valence-electron chi connectivity index (χ3n) is 3.52. The van der Waals surface area contributed by atoms with Crippen molar-refractivity contribution in [3.63, 3.8) is 0 Å². The molecule has 1 aromatic carbocycles. The number of likely N-dealkylation sites (N-methyl/N-ethyl adjacent to an activating group) is 1. The van der Waals surface area contributed by atoms with Crippen LogP contribution in [0, 0.1) is 5.92 Å². The van der Waals surface area contributed by atoms with Gasteiger partial charge in [0.2, 0.25) is 5.91 Å². The highest BCUT2D eigenvalue weighted by Crippen LogP contribution is 2.27. The highest BCUT2D eigenvalue weighted by molar-refractivity contribution is 5.93. The first-order valence-electron chi connectivity index (χ1n) is 6.94. The first-order valence-corrected chi connectivity index (χ1v) is 6.94. The van der Waals surface area contributed by atoms with Gasteiger partial charge in [-0.3, -0.25) is 4.79 Å². The zero-order valence-corrected chi connectivity index (χ0v) is 11.8. The van der Waals surface area contributed by atoms with Crippen molar-refractivity contribution in [1.29, 1.82) is 0 Å². The van der Waals surface area contributed by atoms with Crippen LogP contribution in [0.15, 0.2) is 24.3 Å². The number of amides is 1. The molecule has 2 N–H and O–H groups in total. The Morgan fingerprint density at radius 1 is 1.21 bits per heavy atom. The molecule has 0 atom stereocenters. The van der Waals surface area contributed by atoms with Gasteiger partial charge in [0.05, 0.1) is 0 Å². The first-order chi connectivity index (χ1) is 9.15. The summed E-state index contributed by atoms with van der Waals surface area (Å²) in [6, 6.07) is 7.92. The number of hydrogen-bond donors (Lipinski definition) is 2. The number of carbonyl (C=O) groups is 1. The van der Waals surface area contributed by atoms with Crippen molar-refractivity contribution < 1.29 is 4.79 Å². The Labute approximate surface area is 115 Å². The molecule has 19 heavy (non-hydrogen) atoms. The second-order valence-electron chi connectivity index (χ2n) is 5.42. The summed E-state index contributed by atoms with van der Waals surface area (Å²) in [5.74, 6) is 0.400. The van der Waals surface area contributed by atoms with Gasteiger partial charge < -0.3 is 15.5 Å². The lowest BCUT2D eigenvalue weighted by atomic mass is 9.85. The second kappa shape index (κ2) is 6.57. The number of benzene rings is 1. The molecule has 1 fully saturated rings. The highest BCUT2D eigenvalue weighted by atomic mass is 16.1. The normalized spacial score (nSPS) is 15.1. The fourth-order valence-corrected chi connectivity index (χ4v) is 2.01. The van der Waals surface area contributed by atoms with E-state index in [4.69, 9.17) is 0 Å². The maximum absolute atomic E-state index is 11.8. The number of nitrogens with zero attached hydrogens (tertiary/aromatic N) is 1. The van der Waals surface area contributed by atoms with E-state index in [2.05, 4.69) is 29.6 Å². The van der Waals surface area contributed by atoms with Crippen molar-refractivity contribution in [1.82, 2.24) is 4.90 Å². The predicted molar refractivity (Wildman–Crippen MR) is 79.5 cm³/mol.